The molecular formula is C13H15N3O. The molecule has 0 aliphatic heterocycles. The lowest BCUT2D eigenvalue weighted by Gasteiger charge is -2.09. The lowest BCUT2D eigenvalue weighted by Crippen LogP contribution is -2.21. The first-order valence-electron chi connectivity index (χ1n) is 5.50. The first-order valence-corrected chi connectivity index (χ1v) is 5.50. The molecule has 0 spiro atoms. The average Bonchev–Trinajstić information content (AvgIpc) is 2.34. The van der Waals surface area contributed by atoms with Crippen LogP contribution in [0.2, 0.25) is 0 Å². The van der Waals surface area contributed by atoms with Gasteiger partial charge in [0.15, 0.2) is 0 Å². The number of hydrogen-bond donors (Lipinski definition) is 1. The van der Waals surface area contributed by atoms with Crippen molar-refractivity contribution in [1.82, 2.24) is 9.55 Å². The quantitative estimate of drug-likeness (QED) is 0.870. The molecule has 0 bridgehead atoms. The lowest BCUT2D eigenvalue weighted by atomic mass is 10.3. The maximum Gasteiger partial charge on any atom is 0.251 e. The van der Waals surface area contributed by atoms with Crippen LogP contribution >= 0.6 is 0 Å². The van der Waals surface area contributed by atoms with E-state index in [4.69, 9.17) is 0 Å². The van der Waals surface area contributed by atoms with Gasteiger partial charge in [0.1, 0.15) is 0 Å². The molecule has 2 heterocycles. The zero-order valence-electron chi connectivity index (χ0n) is 9.97. The molecule has 0 aromatic carbocycles. The Balaban J connectivity index is 2.34. The summed E-state index contributed by atoms with van der Waals surface area (Å²) in [6, 6.07) is 9.09. The third-order valence-corrected chi connectivity index (χ3v) is 2.69. The standard InChI is InChI=1S/C13H15N3O/c1-10-4-3-5-13(17)16(10)9-12-8-11(14-2)6-7-15-12/h3-8H,9H2,1-2H3,(H,14,15). The summed E-state index contributed by atoms with van der Waals surface area (Å²) in [6.07, 6.45) is 1.74. The Kier molecular flexibility index (Phi) is 3.23. The number of aromatic nitrogens is 2. The minimum atomic E-state index is 0.00154. The third kappa shape index (κ3) is 2.53. The van der Waals surface area contributed by atoms with Gasteiger partial charge in [0.2, 0.25) is 0 Å². The Hall–Kier alpha value is -2.10. The number of anilines is 1. The minimum absolute atomic E-state index is 0.00154. The van der Waals surface area contributed by atoms with Gasteiger partial charge in [-0.3, -0.25) is 9.78 Å². The molecule has 0 saturated carbocycles. The summed E-state index contributed by atoms with van der Waals surface area (Å²) in [4.78, 5) is 16.0. The number of pyridine rings is 2. The molecule has 4 nitrogen and oxygen atoms in total. The van der Waals surface area contributed by atoms with Gasteiger partial charge < -0.3 is 9.88 Å². The maximum atomic E-state index is 11.7. The average molecular weight is 229 g/mol. The third-order valence-electron chi connectivity index (χ3n) is 2.69. The zero-order chi connectivity index (χ0) is 12.3. The lowest BCUT2D eigenvalue weighted by molar-refractivity contribution is 0.713. The molecule has 0 aliphatic carbocycles. The molecule has 0 atom stereocenters. The first kappa shape index (κ1) is 11.4. The Morgan fingerprint density at radius 3 is 2.88 bits per heavy atom. The van der Waals surface area contributed by atoms with Gasteiger partial charge >= 0.3 is 0 Å². The number of nitrogens with one attached hydrogen (secondary N) is 1. The summed E-state index contributed by atoms with van der Waals surface area (Å²) in [5.74, 6) is 0. The molecule has 4 heteroatoms. The molecule has 0 unspecified atom stereocenters. The van der Waals surface area contributed by atoms with E-state index in [1.54, 1.807) is 22.9 Å². The van der Waals surface area contributed by atoms with E-state index in [0.29, 0.717) is 6.54 Å². The van der Waals surface area contributed by atoms with Crippen molar-refractivity contribution in [2.24, 2.45) is 0 Å². The minimum Gasteiger partial charge on any atom is -0.388 e. The second kappa shape index (κ2) is 4.82. The number of rotatable bonds is 3. The fraction of sp³-hybridized carbons (Fsp3) is 0.231. The van der Waals surface area contributed by atoms with Crippen LogP contribution in [0, 0.1) is 6.92 Å². The van der Waals surface area contributed by atoms with E-state index >= 15 is 0 Å². The smallest absolute Gasteiger partial charge is 0.251 e. The second-order valence-corrected chi connectivity index (χ2v) is 3.88. The fourth-order valence-electron chi connectivity index (χ4n) is 1.71. The highest BCUT2D eigenvalue weighted by molar-refractivity contribution is 5.42. The van der Waals surface area contributed by atoms with Gasteiger partial charge in [0.05, 0.1) is 12.2 Å². The first-order chi connectivity index (χ1) is 8.20. The van der Waals surface area contributed by atoms with Crippen LogP contribution in [0.4, 0.5) is 5.69 Å². The van der Waals surface area contributed by atoms with Gasteiger partial charge in [-0.15, -0.1) is 0 Å². The SMILES string of the molecule is CNc1ccnc(Cn2c(C)cccc2=O)c1. The van der Waals surface area contributed by atoms with Crippen LogP contribution in [0.15, 0.2) is 41.3 Å². The summed E-state index contributed by atoms with van der Waals surface area (Å²) < 4.78 is 1.71. The molecule has 0 radical (unpaired) electrons. The van der Waals surface area contributed by atoms with Crippen LogP contribution < -0.4 is 10.9 Å². The molecule has 88 valence electrons. The highest BCUT2D eigenvalue weighted by Crippen LogP contribution is 2.08. The van der Waals surface area contributed by atoms with Crippen LogP contribution in [0.5, 0.6) is 0 Å². The van der Waals surface area contributed by atoms with E-state index in [-0.39, 0.29) is 5.56 Å². The van der Waals surface area contributed by atoms with E-state index in [9.17, 15) is 4.79 Å². The highest BCUT2D eigenvalue weighted by Gasteiger charge is 2.02. The van der Waals surface area contributed by atoms with E-state index in [0.717, 1.165) is 17.1 Å². The van der Waals surface area contributed by atoms with Gasteiger partial charge in [-0.2, -0.15) is 0 Å². The van der Waals surface area contributed by atoms with Crippen molar-refractivity contribution in [2.45, 2.75) is 13.5 Å². The summed E-state index contributed by atoms with van der Waals surface area (Å²) in [6.45, 7) is 2.42. The van der Waals surface area contributed by atoms with Crippen molar-refractivity contribution in [2.75, 3.05) is 12.4 Å². The van der Waals surface area contributed by atoms with E-state index in [1.165, 1.54) is 0 Å². The van der Waals surface area contributed by atoms with Crippen molar-refractivity contribution in [3.8, 4) is 0 Å². The van der Waals surface area contributed by atoms with E-state index in [1.807, 2.05) is 32.2 Å². The van der Waals surface area contributed by atoms with Crippen molar-refractivity contribution >= 4 is 5.69 Å². The number of hydrogen-bond acceptors (Lipinski definition) is 3. The predicted molar refractivity (Wildman–Crippen MR) is 68.3 cm³/mol. The van der Waals surface area contributed by atoms with E-state index in [2.05, 4.69) is 10.3 Å². The fourth-order valence-corrected chi connectivity index (χ4v) is 1.71. The van der Waals surface area contributed by atoms with Gasteiger partial charge in [-0.25, -0.2) is 0 Å². The monoisotopic (exact) mass is 229 g/mol. The van der Waals surface area contributed by atoms with Crippen LogP contribution in [-0.2, 0) is 6.54 Å². The molecule has 0 fully saturated rings. The number of nitrogens with zero attached hydrogens (tertiary/aromatic N) is 2. The van der Waals surface area contributed by atoms with Gasteiger partial charge in [0, 0.05) is 30.7 Å². The van der Waals surface area contributed by atoms with Gasteiger partial charge in [-0.05, 0) is 25.1 Å². The van der Waals surface area contributed by atoms with Crippen LogP contribution in [-0.4, -0.2) is 16.6 Å². The zero-order valence-corrected chi connectivity index (χ0v) is 9.97. The Labute approximate surface area is 99.9 Å². The molecule has 0 saturated heterocycles. The summed E-state index contributed by atoms with van der Waals surface area (Å²) in [5.41, 5.74) is 2.81. The predicted octanol–water partition coefficient (Wildman–Crippen LogP) is 1.64. The van der Waals surface area contributed by atoms with Crippen molar-refractivity contribution < 1.29 is 0 Å². The highest BCUT2D eigenvalue weighted by atomic mass is 16.1. The van der Waals surface area contributed by atoms with Crippen molar-refractivity contribution in [3.63, 3.8) is 0 Å². The normalized spacial score (nSPS) is 10.2. The molecule has 17 heavy (non-hydrogen) atoms. The van der Waals surface area contributed by atoms with Crippen molar-refractivity contribution in [1.29, 1.82) is 0 Å². The molecule has 2 rings (SSSR count). The largest absolute Gasteiger partial charge is 0.388 e. The van der Waals surface area contributed by atoms with Gasteiger partial charge in [-0.1, -0.05) is 6.07 Å². The van der Waals surface area contributed by atoms with E-state index < -0.39 is 0 Å². The second-order valence-electron chi connectivity index (χ2n) is 3.88. The molecule has 0 amide bonds. The molecule has 2 aromatic heterocycles. The molecule has 1 N–H and O–H groups in total. The van der Waals surface area contributed by atoms with Crippen molar-refractivity contribution in [3.05, 3.63) is 58.3 Å². The molecule has 0 aliphatic rings. The molecular weight excluding hydrogens is 214 g/mol. The van der Waals surface area contributed by atoms with Gasteiger partial charge in [0.25, 0.3) is 5.56 Å². The van der Waals surface area contributed by atoms with Crippen LogP contribution in [0.3, 0.4) is 0 Å². The Morgan fingerprint density at radius 2 is 2.18 bits per heavy atom. The number of aryl methyl sites for hydroxylation is 1. The van der Waals surface area contributed by atoms with Crippen LogP contribution in [0.25, 0.3) is 0 Å². The maximum absolute atomic E-state index is 11.7. The Bertz CT molecular complexity index is 575. The summed E-state index contributed by atoms with van der Waals surface area (Å²) in [7, 11) is 1.86. The Morgan fingerprint density at radius 1 is 1.35 bits per heavy atom. The topological polar surface area (TPSA) is 46.9 Å². The summed E-state index contributed by atoms with van der Waals surface area (Å²) in [5, 5.41) is 3.05. The molecule has 2 aromatic rings. The summed E-state index contributed by atoms with van der Waals surface area (Å²) >= 11 is 0. The van der Waals surface area contributed by atoms with Crippen LogP contribution in [0.1, 0.15) is 11.4 Å².